The van der Waals surface area contributed by atoms with Crippen LogP contribution in [0.15, 0.2) is 30.3 Å². The molecule has 0 bridgehead atoms. The maximum Gasteiger partial charge on any atom is 0.134 e. The number of hydrogen-bond acceptors (Lipinski definition) is 4. The van der Waals surface area contributed by atoms with Gasteiger partial charge in [-0.1, -0.05) is 30.3 Å². The van der Waals surface area contributed by atoms with Crippen molar-refractivity contribution >= 4 is 11.8 Å². The molecule has 0 spiro atoms. The smallest absolute Gasteiger partial charge is 0.134 e. The second-order valence-electron chi connectivity index (χ2n) is 2.78. The molecule has 0 saturated carbocycles. The van der Waals surface area contributed by atoms with Gasteiger partial charge in [-0.15, -0.1) is 0 Å². The zero-order valence-corrected chi connectivity index (χ0v) is 8.61. The highest BCUT2D eigenvalue weighted by atomic mass is 32.2. The first-order valence-corrected chi connectivity index (χ1v) is 5.10. The predicted octanol–water partition coefficient (Wildman–Crippen LogP) is 2.40. The summed E-state index contributed by atoms with van der Waals surface area (Å²) in [6.07, 6.45) is 0. The van der Waals surface area contributed by atoms with Gasteiger partial charge < -0.3 is 0 Å². The van der Waals surface area contributed by atoms with Crippen molar-refractivity contribution in [2.45, 2.75) is 11.2 Å². The number of hydrogen-bond donors (Lipinski definition) is 0. The summed E-state index contributed by atoms with van der Waals surface area (Å²) in [5.41, 5.74) is 0.773. The Kier molecular flexibility index (Phi) is 4.23. The van der Waals surface area contributed by atoms with Crippen molar-refractivity contribution in [2.24, 2.45) is 0 Å². The summed E-state index contributed by atoms with van der Waals surface area (Å²) in [7, 11) is 0. The minimum Gasteiger partial charge on any atom is -0.198 e. The van der Waals surface area contributed by atoms with Gasteiger partial charge in [0.25, 0.3) is 0 Å². The van der Waals surface area contributed by atoms with Gasteiger partial charge in [-0.25, -0.2) is 0 Å². The third-order valence-corrected chi connectivity index (χ3v) is 2.64. The van der Waals surface area contributed by atoms with Crippen LogP contribution in [0.2, 0.25) is 0 Å². The fourth-order valence-corrected chi connectivity index (χ4v) is 1.72. The van der Waals surface area contributed by atoms with Gasteiger partial charge in [0.05, 0.1) is 18.1 Å². The summed E-state index contributed by atoms with van der Waals surface area (Å²) in [6, 6.07) is 13.1. The number of thiocyanates is 1. The van der Waals surface area contributed by atoms with Crippen LogP contribution in [0.25, 0.3) is 0 Å². The average Bonchev–Trinajstić information content (AvgIpc) is 2.30. The molecule has 1 aromatic carbocycles. The summed E-state index contributed by atoms with van der Waals surface area (Å²) in [4.78, 5) is 0. The highest BCUT2D eigenvalue weighted by molar-refractivity contribution is 8.04. The van der Waals surface area contributed by atoms with Gasteiger partial charge in [0, 0.05) is 0 Å². The highest BCUT2D eigenvalue weighted by Gasteiger charge is 2.23. The Hall–Kier alpha value is -1.96. The molecule has 0 unspecified atom stereocenters. The van der Waals surface area contributed by atoms with Crippen LogP contribution in [0.5, 0.6) is 0 Å². The molecule has 0 radical (unpaired) electrons. The Morgan fingerprint density at radius 2 is 1.67 bits per heavy atom. The molecule has 0 heterocycles. The van der Waals surface area contributed by atoms with Gasteiger partial charge in [0.2, 0.25) is 0 Å². The van der Waals surface area contributed by atoms with Gasteiger partial charge >= 0.3 is 0 Å². The third kappa shape index (κ3) is 2.74. The van der Waals surface area contributed by atoms with Crippen LogP contribution in [0.3, 0.4) is 0 Å². The van der Waals surface area contributed by atoms with E-state index in [1.165, 1.54) is 0 Å². The fraction of sp³-hybridized carbons (Fsp3) is 0.182. The predicted molar refractivity (Wildman–Crippen MR) is 57.4 cm³/mol. The zero-order chi connectivity index (χ0) is 11.1. The van der Waals surface area contributed by atoms with Crippen molar-refractivity contribution in [3.8, 4) is 17.5 Å². The van der Waals surface area contributed by atoms with Crippen LogP contribution in [0, 0.1) is 33.3 Å². The van der Waals surface area contributed by atoms with Crippen LogP contribution < -0.4 is 0 Å². The molecule has 0 saturated heterocycles. The molecule has 0 aromatic heterocycles. The average molecular weight is 213 g/mol. The molecule has 72 valence electrons. The summed E-state index contributed by atoms with van der Waals surface area (Å²) < 4.78 is 0. The molecule has 0 aliphatic heterocycles. The van der Waals surface area contributed by atoms with Gasteiger partial charge in [0.15, 0.2) is 0 Å². The van der Waals surface area contributed by atoms with E-state index in [1.54, 1.807) is 12.1 Å². The maximum atomic E-state index is 8.98. The summed E-state index contributed by atoms with van der Waals surface area (Å²) in [6.45, 7) is 0. The first-order chi connectivity index (χ1) is 7.33. The van der Waals surface area contributed by atoms with Gasteiger partial charge in [-0.05, 0) is 17.3 Å². The molecule has 0 N–H and O–H groups in total. The summed E-state index contributed by atoms with van der Waals surface area (Å²) in [5, 5.41) is 27.6. The number of benzene rings is 1. The van der Waals surface area contributed by atoms with E-state index in [0.29, 0.717) is 0 Å². The lowest BCUT2D eigenvalue weighted by molar-refractivity contribution is 0.906. The summed E-state index contributed by atoms with van der Waals surface area (Å²) in [5.74, 6) is -0.555. The minimum absolute atomic E-state index is 0.555. The molecule has 1 aromatic rings. The molecule has 0 amide bonds. The quantitative estimate of drug-likeness (QED) is 0.723. The van der Waals surface area contributed by atoms with Gasteiger partial charge in [-0.3, -0.25) is 0 Å². The standard InChI is InChI=1S/C11H7N3S/c12-6-10(11(7-13)15-8-14)9-4-2-1-3-5-9/h1-5,10-11H/t10-,11+/m1/s1. The Balaban J connectivity index is 2.96. The van der Waals surface area contributed by atoms with Gasteiger partial charge in [-0.2, -0.15) is 15.8 Å². The molecule has 0 aliphatic carbocycles. The first-order valence-electron chi connectivity index (χ1n) is 4.22. The second kappa shape index (κ2) is 5.70. The second-order valence-corrected chi connectivity index (χ2v) is 3.70. The van der Waals surface area contributed by atoms with E-state index in [4.69, 9.17) is 15.8 Å². The zero-order valence-electron chi connectivity index (χ0n) is 7.79. The molecule has 4 heteroatoms. The van der Waals surface area contributed by atoms with Crippen LogP contribution in [-0.2, 0) is 0 Å². The van der Waals surface area contributed by atoms with Crippen molar-refractivity contribution in [3.63, 3.8) is 0 Å². The lowest BCUT2D eigenvalue weighted by Crippen LogP contribution is -2.11. The Labute approximate surface area is 92.6 Å². The van der Waals surface area contributed by atoms with Crippen molar-refractivity contribution in [2.75, 3.05) is 0 Å². The van der Waals surface area contributed by atoms with E-state index < -0.39 is 11.2 Å². The number of nitrogens with zero attached hydrogens (tertiary/aromatic N) is 3. The fourth-order valence-electron chi connectivity index (χ4n) is 1.20. The summed E-state index contributed by atoms with van der Waals surface area (Å²) >= 11 is 0.826. The Morgan fingerprint density at radius 3 is 2.13 bits per heavy atom. The van der Waals surface area contributed by atoms with Crippen LogP contribution in [-0.4, -0.2) is 5.25 Å². The highest BCUT2D eigenvalue weighted by Crippen LogP contribution is 2.27. The number of thioether (sulfide) groups is 1. The third-order valence-electron chi connectivity index (χ3n) is 1.91. The molecule has 2 atom stereocenters. The molecule has 0 fully saturated rings. The largest absolute Gasteiger partial charge is 0.198 e. The van der Waals surface area contributed by atoms with Crippen molar-refractivity contribution in [3.05, 3.63) is 35.9 Å². The van der Waals surface area contributed by atoms with E-state index >= 15 is 0 Å². The van der Waals surface area contributed by atoms with E-state index in [-0.39, 0.29) is 0 Å². The lowest BCUT2D eigenvalue weighted by Gasteiger charge is -2.11. The Morgan fingerprint density at radius 1 is 1.00 bits per heavy atom. The van der Waals surface area contributed by atoms with E-state index in [1.807, 2.05) is 29.7 Å². The molecule has 1 rings (SSSR count). The topological polar surface area (TPSA) is 71.4 Å². The van der Waals surface area contributed by atoms with E-state index in [2.05, 4.69) is 6.07 Å². The Bertz CT molecular complexity index is 436. The monoisotopic (exact) mass is 213 g/mol. The normalized spacial score (nSPS) is 12.9. The molecular weight excluding hydrogens is 206 g/mol. The van der Waals surface area contributed by atoms with Crippen molar-refractivity contribution in [1.82, 2.24) is 0 Å². The minimum atomic E-state index is -0.637. The van der Waals surface area contributed by atoms with Crippen LogP contribution >= 0.6 is 11.8 Å². The van der Waals surface area contributed by atoms with E-state index in [0.717, 1.165) is 17.3 Å². The van der Waals surface area contributed by atoms with Crippen molar-refractivity contribution in [1.29, 1.82) is 15.8 Å². The van der Waals surface area contributed by atoms with Crippen molar-refractivity contribution < 1.29 is 0 Å². The number of nitriles is 3. The molecule has 15 heavy (non-hydrogen) atoms. The van der Waals surface area contributed by atoms with E-state index in [9.17, 15) is 0 Å². The SMILES string of the molecule is N#CS[C@@H](C#N)[C@H](C#N)c1ccccc1. The van der Waals surface area contributed by atoms with Gasteiger partial charge in [0.1, 0.15) is 10.7 Å². The maximum absolute atomic E-state index is 8.98. The number of rotatable bonds is 3. The molecular formula is C11H7N3S. The van der Waals surface area contributed by atoms with Crippen LogP contribution in [0.1, 0.15) is 11.5 Å². The van der Waals surface area contributed by atoms with Crippen LogP contribution in [0.4, 0.5) is 0 Å². The molecule has 0 aliphatic rings. The molecule has 3 nitrogen and oxygen atoms in total. The first kappa shape index (κ1) is 11.1. The lowest BCUT2D eigenvalue weighted by atomic mass is 9.98.